The van der Waals surface area contributed by atoms with Crippen molar-refractivity contribution in [3.63, 3.8) is 0 Å². The van der Waals surface area contributed by atoms with E-state index in [-0.39, 0.29) is 42.0 Å². The Balaban J connectivity index is 1.25. The molecule has 0 N–H and O–H groups in total. The summed E-state index contributed by atoms with van der Waals surface area (Å²) >= 11 is 0. The second kappa shape index (κ2) is 10.3. The monoisotopic (exact) mass is 517 g/mol. The van der Waals surface area contributed by atoms with E-state index >= 15 is 0 Å². The number of piperazine rings is 1. The number of nitrogens with zero attached hydrogens (tertiary/aromatic N) is 5. The van der Waals surface area contributed by atoms with Gasteiger partial charge in [0.25, 0.3) is 5.91 Å². The van der Waals surface area contributed by atoms with E-state index in [4.69, 9.17) is 9.47 Å². The number of rotatable bonds is 5. The molecular formula is C26H33F2N5O4. The van der Waals surface area contributed by atoms with E-state index < -0.39 is 11.6 Å². The minimum atomic E-state index is -0.628. The van der Waals surface area contributed by atoms with Crippen molar-refractivity contribution in [3.05, 3.63) is 40.7 Å². The highest BCUT2D eigenvalue weighted by Gasteiger charge is 2.33. The molecular weight excluding hydrogens is 484 g/mol. The summed E-state index contributed by atoms with van der Waals surface area (Å²) in [7, 11) is 1.29. The van der Waals surface area contributed by atoms with Gasteiger partial charge in [-0.1, -0.05) is 0 Å². The third kappa shape index (κ3) is 5.01. The Kier molecular flexibility index (Phi) is 7.06. The van der Waals surface area contributed by atoms with Gasteiger partial charge in [0.15, 0.2) is 17.3 Å². The standard InChI is InChI=1S/C26H33F2N5O4/c1-16-13-32(14-17(2)37-16)26(35)25-18-5-4-6-21(18)33(29-25)15-24(34)31-9-7-30(8-10-31)22-11-20(28)23(36-3)12-19(22)27/h11-12,16-17H,4-10,13-15H2,1-3H3/t16-,17+. The molecule has 3 heterocycles. The van der Waals surface area contributed by atoms with Crippen LogP contribution in [0.1, 0.15) is 42.0 Å². The Labute approximate surface area is 214 Å². The van der Waals surface area contributed by atoms with Gasteiger partial charge in [-0.3, -0.25) is 14.3 Å². The van der Waals surface area contributed by atoms with Gasteiger partial charge in [0.1, 0.15) is 12.4 Å². The number of ether oxygens (including phenoxy) is 2. The molecule has 5 rings (SSSR count). The molecule has 0 spiro atoms. The van der Waals surface area contributed by atoms with E-state index in [1.165, 1.54) is 7.11 Å². The first-order valence-electron chi connectivity index (χ1n) is 12.8. The summed E-state index contributed by atoms with van der Waals surface area (Å²) in [6, 6.07) is 2.17. The van der Waals surface area contributed by atoms with Crippen LogP contribution in [0.3, 0.4) is 0 Å². The van der Waals surface area contributed by atoms with Crippen LogP contribution in [-0.4, -0.2) is 90.0 Å². The number of hydrogen-bond acceptors (Lipinski definition) is 6. The average Bonchev–Trinajstić information content (AvgIpc) is 3.48. The molecule has 1 aliphatic carbocycles. The molecule has 9 nitrogen and oxygen atoms in total. The van der Waals surface area contributed by atoms with Gasteiger partial charge < -0.3 is 24.2 Å². The smallest absolute Gasteiger partial charge is 0.274 e. The van der Waals surface area contributed by atoms with E-state index in [0.29, 0.717) is 45.0 Å². The molecule has 2 aromatic rings. The molecule has 200 valence electrons. The Morgan fingerprint density at radius 2 is 1.73 bits per heavy atom. The van der Waals surface area contributed by atoms with Crippen molar-refractivity contribution in [3.8, 4) is 5.75 Å². The summed E-state index contributed by atoms with van der Waals surface area (Å²) in [6.45, 7) is 6.52. The van der Waals surface area contributed by atoms with Gasteiger partial charge in [-0.15, -0.1) is 0 Å². The molecule has 2 amide bonds. The van der Waals surface area contributed by atoms with Crippen molar-refractivity contribution in [1.29, 1.82) is 0 Å². The summed E-state index contributed by atoms with van der Waals surface area (Å²) in [5.41, 5.74) is 2.51. The maximum Gasteiger partial charge on any atom is 0.274 e. The Hall–Kier alpha value is -3.21. The van der Waals surface area contributed by atoms with E-state index in [9.17, 15) is 18.4 Å². The Morgan fingerprint density at radius 3 is 2.41 bits per heavy atom. The van der Waals surface area contributed by atoms with Crippen molar-refractivity contribution in [2.24, 2.45) is 0 Å². The summed E-state index contributed by atoms with van der Waals surface area (Å²) in [4.78, 5) is 31.7. The zero-order valence-corrected chi connectivity index (χ0v) is 21.5. The molecule has 1 aromatic carbocycles. The first-order valence-corrected chi connectivity index (χ1v) is 12.8. The fraction of sp³-hybridized carbons (Fsp3) is 0.577. The first-order chi connectivity index (χ1) is 17.7. The molecule has 0 bridgehead atoms. The molecule has 37 heavy (non-hydrogen) atoms. The van der Waals surface area contributed by atoms with E-state index in [2.05, 4.69) is 5.10 Å². The number of anilines is 1. The number of halogens is 2. The lowest BCUT2D eigenvalue weighted by Crippen LogP contribution is -2.50. The van der Waals surface area contributed by atoms with Crippen molar-refractivity contribution in [2.45, 2.75) is 51.9 Å². The number of hydrogen-bond donors (Lipinski definition) is 0. The molecule has 11 heteroatoms. The molecule has 2 atom stereocenters. The topological polar surface area (TPSA) is 80.1 Å². The number of amides is 2. The Morgan fingerprint density at radius 1 is 1.03 bits per heavy atom. The lowest BCUT2D eigenvalue weighted by atomic mass is 10.1. The van der Waals surface area contributed by atoms with Crippen LogP contribution in [0.2, 0.25) is 0 Å². The van der Waals surface area contributed by atoms with Crippen LogP contribution in [0, 0.1) is 11.6 Å². The van der Waals surface area contributed by atoms with Crippen LogP contribution >= 0.6 is 0 Å². The van der Waals surface area contributed by atoms with Gasteiger partial charge in [-0.05, 0) is 33.1 Å². The fourth-order valence-corrected chi connectivity index (χ4v) is 5.65. The van der Waals surface area contributed by atoms with Crippen molar-refractivity contribution in [2.75, 3.05) is 51.3 Å². The van der Waals surface area contributed by atoms with Crippen LogP contribution < -0.4 is 9.64 Å². The second-order valence-electron chi connectivity index (χ2n) is 10.1. The first kappa shape index (κ1) is 25.4. The number of fused-ring (bicyclic) bond motifs is 1. The molecule has 2 aliphatic heterocycles. The molecule has 1 aromatic heterocycles. The number of morpholine rings is 1. The van der Waals surface area contributed by atoms with Gasteiger partial charge >= 0.3 is 0 Å². The largest absolute Gasteiger partial charge is 0.494 e. The fourth-order valence-electron chi connectivity index (χ4n) is 5.65. The zero-order valence-electron chi connectivity index (χ0n) is 21.5. The van der Waals surface area contributed by atoms with Gasteiger partial charge in [0, 0.05) is 62.7 Å². The predicted octanol–water partition coefficient (Wildman–Crippen LogP) is 2.26. The molecule has 2 fully saturated rings. The van der Waals surface area contributed by atoms with Crippen LogP contribution in [-0.2, 0) is 28.9 Å². The normalized spacial score (nSPS) is 21.8. The van der Waals surface area contributed by atoms with Crippen LogP contribution in [0.4, 0.5) is 14.5 Å². The van der Waals surface area contributed by atoms with Gasteiger partial charge in [0.2, 0.25) is 5.91 Å². The highest BCUT2D eigenvalue weighted by molar-refractivity contribution is 5.94. The van der Waals surface area contributed by atoms with E-state index in [0.717, 1.165) is 42.7 Å². The molecule has 0 saturated carbocycles. The number of benzene rings is 1. The van der Waals surface area contributed by atoms with Crippen LogP contribution in [0.5, 0.6) is 5.75 Å². The number of methoxy groups -OCH3 is 1. The van der Waals surface area contributed by atoms with Crippen molar-refractivity contribution in [1.82, 2.24) is 19.6 Å². The average molecular weight is 518 g/mol. The third-order valence-corrected chi connectivity index (χ3v) is 7.40. The minimum absolute atomic E-state index is 0.0361. The number of aromatic nitrogens is 2. The molecule has 3 aliphatic rings. The highest BCUT2D eigenvalue weighted by Crippen LogP contribution is 2.29. The minimum Gasteiger partial charge on any atom is -0.494 e. The summed E-state index contributed by atoms with van der Waals surface area (Å²) in [6.07, 6.45) is 2.43. The number of carbonyl (C=O) groups is 2. The van der Waals surface area contributed by atoms with Crippen molar-refractivity contribution >= 4 is 17.5 Å². The predicted molar refractivity (Wildman–Crippen MR) is 132 cm³/mol. The highest BCUT2D eigenvalue weighted by atomic mass is 19.1. The molecule has 0 radical (unpaired) electrons. The van der Waals surface area contributed by atoms with E-state index in [1.54, 1.807) is 19.4 Å². The molecule has 2 saturated heterocycles. The molecule has 0 unspecified atom stereocenters. The summed E-state index contributed by atoms with van der Waals surface area (Å²) < 4.78 is 40.9. The number of carbonyl (C=O) groups excluding carboxylic acids is 2. The summed E-state index contributed by atoms with van der Waals surface area (Å²) in [5, 5.41) is 4.62. The van der Waals surface area contributed by atoms with Crippen molar-refractivity contribution < 1.29 is 27.8 Å². The second-order valence-corrected chi connectivity index (χ2v) is 10.1. The van der Waals surface area contributed by atoms with E-state index in [1.807, 2.05) is 13.8 Å². The maximum absolute atomic E-state index is 14.5. The zero-order chi connectivity index (χ0) is 26.3. The van der Waals surface area contributed by atoms with Crippen LogP contribution in [0.25, 0.3) is 0 Å². The van der Waals surface area contributed by atoms with Crippen LogP contribution in [0.15, 0.2) is 12.1 Å². The quantitative estimate of drug-likeness (QED) is 0.606. The maximum atomic E-state index is 14.5. The lowest BCUT2D eigenvalue weighted by Gasteiger charge is -2.36. The third-order valence-electron chi connectivity index (χ3n) is 7.40. The Bertz CT molecular complexity index is 1180. The summed E-state index contributed by atoms with van der Waals surface area (Å²) in [5.74, 6) is -1.54. The van der Waals surface area contributed by atoms with Gasteiger partial charge in [0.05, 0.1) is 25.0 Å². The SMILES string of the molecule is COc1cc(F)c(N2CCN(C(=O)Cn3nc(C(=O)N4C[C@@H](C)O[C@@H](C)C4)c4c3CCC4)CC2)cc1F. The van der Waals surface area contributed by atoms with Gasteiger partial charge in [-0.2, -0.15) is 5.10 Å². The lowest BCUT2D eigenvalue weighted by molar-refractivity contribution is -0.132. The van der Waals surface area contributed by atoms with Gasteiger partial charge in [-0.25, -0.2) is 8.78 Å².